The van der Waals surface area contributed by atoms with Crippen LogP contribution in [0.2, 0.25) is 0 Å². The van der Waals surface area contributed by atoms with E-state index in [-0.39, 0.29) is 17.8 Å². The number of hydrogen-bond donors (Lipinski definition) is 1. The number of nitrogens with zero attached hydrogens (tertiary/aromatic N) is 2. The second-order valence-corrected chi connectivity index (χ2v) is 8.78. The maximum absolute atomic E-state index is 13.0. The van der Waals surface area contributed by atoms with Crippen molar-refractivity contribution in [3.8, 4) is 11.9 Å². The van der Waals surface area contributed by atoms with Gasteiger partial charge in [-0.15, -0.1) is 0 Å². The Morgan fingerprint density at radius 2 is 2.00 bits per heavy atom. The highest BCUT2D eigenvalue weighted by atomic mass is 19.4. The molecule has 0 spiro atoms. The average molecular weight is 445 g/mol. The number of pyridine rings is 1. The Hall–Kier alpha value is -3.08. The molecule has 2 aromatic rings. The minimum atomic E-state index is -4.49. The summed E-state index contributed by atoms with van der Waals surface area (Å²) in [5, 5.41) is 12.2. The van der Waals surface area contributed by atoms with Gasteiger partial charge >= 0.3 is 6.18 Å². The first-order valence-electron chi connectivity index (χ1n) is 10.5. The Labute approximate surface area is 185 Å². The number of rotatable bonds is 8. The fourth-order valence-electron chi connectivity index (χ4n) is 3.58. The van der Waals surface area contributed by atoms with E-state index in [1.165, 1.54) is 0 Å². The van der Waals surface area contributed by atoms with E-state index in [0.29, 0.717) is 17.7 Å². The van der Waals surface area contributed by atoms with Gasteiger partial charge in [0.25, 0.3) is 5.91 Å². The summed E-state index contributed by atoms with van der Waals surface area (Å²) >= 11 is 0. The molecule has 0 radical (unpaired) electrons. The van der Waals surface area contributed by atoms with Gasteiger partial charge in [0.15, 0.2) is 5.60 Å². The van der Waals surface area contributed by atoms with Gasteiger partial charge in [0.1, 0.15) is 0 Å². The molecule has 0 aliphatic heterocycles. The zero-order chi connectivity index (χ0) is 23.5. The lowest BCUT2D eigenvalue weighted by atomic mass is 9.86. The van der Waals surface area contributed by atoms with Gasteiger partial charge in [-0.2, -0.15) is 18.4 Å². The van der Waals surface area contributed by atoms with Crippen LogP contribution in [0.15, 0.2) is 42.6 Å². The third-order valence-electron chi connectivity index (χ3n) is 5.66. The average Bonchev–Trinajstić information content (AvgIpc) is 3.55. The molecule has 170 valence electrons. The van der Waals surface area contributed by atoms with Gasteiger partial charge in [0, 0.05) is 24.2 Å². The molecule has 0 bridgehead atoms. The number of carbonyl (C=O) groups excluding carboxylic acids is 1. The molecule has 8 heteroatoms. The summed E-state index contributed by atoms with van der Waals surface area (Å²) in [4.78, 5) is 16.7. The van der Waals surface area contributed by atoms with Crippen LogP contribution in [0.25, 0.3) is 0 Å². The van der Waals surface area contributed by atoms with Crippen LogP contribution in [0, 0.1) is 17.2 Å². The van der Waals surface area contributed by atoms with Crippen LogP contribution < -0.4 is 10.1 Å². The molecule has 1 heterocycles. The Kier molecular flexibility index (Phi) is 6.77. The summed E-state index contributed by atoms with van der Waals surface area (Å²) in [6.45, 7) is 5.00. The van der Waals surface area contributed by atoms with E-state index in [9.17, 15) is 23.2 Å². The van der Waals surface area contributed by atoms with Crippen molar-refractivity contribution in [1.82, 2.24) is 10.3 Å². The summed E-state index contributed by atoms with van der Waals surface area (Å²) in [6, 6.07) is 11.3. The molecule has 1 aliphatic rings. The molecule has 2 atom stereocenters. The van der Waals surface area contributed by atoms with Crippen LogP contribution in [0.4, 0.5) is 13.2 Å². The number of nitrogens with one attached hydrogen (secondary N) is 1. The normalized spacial score (nSPS) is 16.0. The Bertz CT molecular complexity index is 993. The summed E-state index contributed by atoms with van der Waals surface area (Å²) in [5.41, 5.74) is -0.673. The zero-order valence-electron chi connectivity index (χ0n) is 18.2. The van der Waals surface area contributed by atoms with Crippen LogP contribution >= 0.6 is 0 Å². The van der Waals surface area contributed by atoms with Crippen LogP contribution in [-0.2, 0) is 11.0 Å². The molecule has 1 aromatic carbocycles. The highest BCUT2D eigenvalue weighted by molar-refractivity contribution is 5.85. The van der Waals surface area contributed by atoms with Crippen LogP contribution in [0.1, 0.15) is 62.6 Å². The van der Waals surface area contributed by atoms with E-state index in [1.807, 2.05) is 25.1 Å². The SMILES string of the molecule is CC(NC(=O)C(C)(C)Oc1ccc(C(F)(F)F)cn1)C(CC1CC1)c1cccc(C#N)c1. The lowest BCUT2D eigenvalue weighted by molar-refractivity contribution is -0.138. The first kappa shape index (κ1) is 23.6. The van der Waals surface area contributed by atoms with E-state index < -0.39 is 23.2 Å². The van der Waals surface area contributed by atoms with Gasteiger partial charge in [-0.3, -0.25) is 4.79 Å². The number of nitriles is 1. The highest BCUT2D eigenvalue weighted by Gasteiger charge is 2.36. The number of aromatic nitrogens is 1. The quantitative estimate of drug-likeness (QED) is 0.605. The minimum Gasteiger partial charge on any atom is -0.462 e. The van der Waals surface area contributed by atoms with Gasteiger partial charge in [0.2, 0.25) is 5.88 Å². The van der Waals surface area contributed by atoms with Crippen molar-refractivity contribution in [3.63, 3.8) is 0 Å². The Morgan fingerprint density at radius 3 is 2.56 bits per heavy atom. The zero-order valence-corrected chi connectivity index (χ0v) is 18.2. The molecule has 1 saturated carbocycles. The summed E-state index contributed by atoms with van der Waals surface area (Å²) in [5.74, 6) is 0.163. The van der Waals surface area contributed by atoms with Crippen molar-refractivity contribution in [3.05, 3.63) is 59.3 Å². The molecule has 1 aliphatic carbocycles. The van der Waals surface area contributed by atoms with Crippen molar-refractivity contribution in [2.75, 3.05) is 0 Å². The molecule has 32 heavy (non-hydrogen) atoms. The number of carbonyl (C=O) groups is 1. The van der Waals surface area contributed by atoms with E-state index >= 15 is 0 Å². The van der Waals surface area contributed by atoms with Crippen molar-refractivity contribution < 1.29 is 22.7 Å². The summed E-state index contributed by atoms with van der Waals surface area (Å²) in [7, 11) is 0. The predicted octanol–water partition coefficient (Wildman–Crippen LogP) is 5.22. The number of ether oxygens (including phenoxy) is 1. The molecule has 3 rings (SSSR count). The van der Waals surface area contributed by atoms with Gasteiger partial charge in [-0.25, -0.2) is 4.98 Å². The topological polar surface area (TPSA) is 75.0 Å². The molecule has 1 aromatic heterocycles. The van der Waals surface area contributed by atoms with E-state index in [0.717, 1.165) is 37.0 Å². The summed E-state index contributed by atoms with van der Waals surface area (Å²) in [6.07, 6.45) is -0.599. The first-order chi connectivity index (χ1) is 15.0. The number of alkyl halides is 3. The predicted molar refractivity (Wildman–Crippen MR) is 113 cm³/mol. The van der Waals surface area contributed by atoms with Crippen LogP contribution in [0.3, 0.4) is 0 Å². The molecular weight excluding hydrogens is 419 g/mol. The third-order valence-corrected chi connectivity index (χ3v) is 5.66. The molecular formula is C24H26F3N3O2. The smallest absolute Gasteiger partial charge is 0.417 e. The largest absolute Gasteiger partial charge is 0.462 e. The molecule has 1 amide bonds. The third kappa shape index (κ3) is 6.00. The monoisotopic (exact) mass is 445 g/mol. The van der Waals surface area contributed by atoms with E-state index in [2.05, 4.69) is 16.4 Å². The lowest BCUT2D eigenvalue weighted by Crippen LogP contribution is -2.50. The van der Waals surface area contributed by atoms with Crippen molar-refractivity contribution in [1.29, 1.82) is 5.26 Å². The maximum Gasteiger partial charge on any atom is 0.417 e. The first-order valence-corrected chi connectivity index (χ1v) is 10.5. The van der Waals surface area contributed by atoms with Crippen LogP contribution in [0.5, 0.6) is 5.88 Å². The molecule has 1 N–H and O–H groups in total. The second kappa shape index (κ2) is 9.19. The maximum atomic E-state index is 13.0. The van der Waals surface area contributed by atoms with Crippen LogP contribution in [-0.4, -0.2) is 22.5 Å². The molecule has 0 saturated heterocycles. The summed E-state index contributed by atoms with van der Waals surface area (Å²) < 4.78 is 43.8. The molecule has 2 unspecified atom stereocenters. The number of benzene rings is 1. The number of halogens is 3. The highest BCUT2D eigenvalue weighted by Crippen LogP contribution is 2.40. The molecule has 5 nitrogen and oxygen atoms in total. The van der Waals surface area contributed by atoms with E-state index in [1.54, 1.807) is 19.9 Å². The minimum absolute atomic E-state index is 0.0275. The molecule has 1 fully saturated rings. The van der Waals surface area contributed by atoms with Gasteiger partial charge in [0.05, 0.1) is 17.2 Å². The van der Waals surface area contributed by atoms with Gasteiger partial charge in [-0.1, -0.05) is 25.0 Å². The Morgan fingerprint density at radius 1 is 1.28 bits per heavy atom. The Balaban J connectivity index is 1.70. The van der Waals surface area contributed by atoms with Crippen molar-refractivity contribution in [2.24, 2.45) is 5.92 Å². The van der Waals surface area contributed by atoms with Gasteiger partial charge in [-0.05, 0) is 56.9 Å². The van der Waals surface area contributed by atoms with Crippen molar-refractivity contribution in [2.45, 2.75) is 63.8 Å². The van der Waals surface area contributed by atoms with E-state index in [4.69, 9.17) is 4.74 Å². The number of hydrogen-bond acceptors (Lipinski definition) is 4. The van der Waals surface area contributed by atoms with Crippen molar-refractivity contribution >= 4 is 5.91 Å². The van der Waals surface area contributed by atoms with Gasteiger partial charge < -0.3 is 10.1 Å². The number of amides is 1. The fraction of sp³-hybridized carbons (Fsp3) is 0.458. The standard InChI is InChI=1S/C24H26F3N3O2/c1-15(20(12-16-7-8-16)18-6-4-5-17(11-18)13-28)30-22(31)23(2,3)32-21-10-9-19(14-29-21)24(25,26)27/h4-6,9-11,14-16,20H,7-8,12H2,1-3H3,(H,30,31). The lowest BCUT2D eigenvalue weighted by Gasteiger charge is -2.30. The fourth-order valence-corrected chi connectivity index (χ4v) is 3.58. The second-order valence-electron chi connectivity index (χ2n) is 8.78.